The van der Waals surface area contributed by atoms with Crippen molar-refractivity contribution in [2.45, 2.75) is 51.0 Å². The molecule has 0 atom stereocenters. The number of halogens is 3. The van der Waals surface area contributed by atoms with Crippen molar-refractivity contribution in [3.63, 3.8) is 0 Å². The lowest BCUT2D eigenvalue weighted by Gasteiger charge is -2.20. The lowest BCUT2D eigenvalue weighted by Crippen LogP contribution is -2.42. The molecule has 0 saturated heterocycles. The van der Waals surface area contributed by atoms with E-state index >= 15 is 0 Å². The van der Waals surface area contributed by atoms with E-state index in [9.17, 15) is 30.4 Å². The number of nitrogens with one attached hydrogen (secondary N) is 4. The van der Waals surface area contributed by atoms with Crippen LogP contribution in [0.15, 0.2) is 54.6 Å². The summed E-state index contributed by atoms with van der Waals surface area (Å²) in [6.45, 7) is 4.48. The first-order valence-corrected chi connectivity index (χ1v) is 16.9. The number of benzene rings is 3. The van der Waals surface area contributed by atoms with Gasteiger partial charge in [0.1, 0.15) is 28.7 Å². The Morgan fingerprint density at radius 1 is 1.00 bits per heavy atom. The van der Waals surface area contributed by atoms with Crippen LogP contribution in [-0.4, -0.2) is 33.8 Å². The van der Waals surface area contributed by atoms with Gasteiger partial charge in [-0.2, -0.15) is 13.1 Å². The van der Waals surface area contributed by atoms with Crippen molar-refractivity contribution >= 4 is 66.0 Å². The average molecular weight is 751 g/mol. The van der Waals surface area contributed by atoms with E-state index in [4.69, 9.17) is 9.47 Å². The molecule has 0 aromatic heterocycles. The van der Waals surface area contributed by atoms with Crippen LogP contribution in [0.3, 0.4) is 0 Å². The molecule has 1 fully saturated rings. The molecule has 1 amide bonds. The van der Waals surface area contributed by atoms with E-state index in [-0.39, 0.29) is 35.1 Å². The van der Waals surface area contributed by atoms with Crippen molar-refractivity contribution in [3.8, 4) is 11.5 Å². The zero-order valence-electron chi connectivity index (χ0n) is 23.2. The van der Waals surface area contributed by atoms with Crippen molar-refractivity contribution in [3.05, 3.63) is 75.4 Å². The van der Waals surface area contributed by atoms with Gasteiger partial charge in [-0.3, -0.25) is 4.72 Å². The predicted molar refractivity (Wildman–Crippen MR) is 166 cm³/mol. The summed E-state index contributed by atoms with van der Waals surface area (Å²) in [7, 11) is -8.14. The van der Waals surface area contributed by atoms with Crippen LogP contribution in [0.2, 0.25) is 0 Å². The van der Waals surface area contributed by atoms with Gasteiger partial charge in [-0.25, -0.2) is 26.7 Å². The summed E-state index contributed by atoms with van der Waals surface area (Å²) in [6.07, 6.45) is -0.233. The van der Waals surface area contributed by atoms with Crippen LogP contribution in [0.5, 0.6) is 11.5 Å². The first-order valence-electron chi connectivity index (χ1n) is 12.8. The van der Waals surface area contributed by atoms with Gasteiger partial charge in [0.25, 0.3) is 0 Å². The van der Waals surface area contributed by atoms with E-state index in [1.807, 2.05) is 22.6 Å². The number of carbonyl (C=O) groups is 1. The van der Waals surface area contributed by atoms with Crippen LogP contribution in [0.4, 0.5) is 30.6 Å². The first kappa shape index (κ1) is 32.7. The number of ether oxygens (including phenoxy) is 2. The maximum absolute atomic E-state index is 14.8. The van der Waals surface area contributed by atoms with Gasteiger partial charge >= 0.3 is 16.3 Å². The highest BCUT2D eigenvalue weighted by molar-refractivity contribution is 14.1. The van der Waals surface area contributed by atoms with Crippen molar-refractivity contribution < 1.29 is 39.9 Å². The summed E-state index contributed by atoms with van der Waals surface area (Å²) in [5, 5.41) is 2.12. The second-order valence-electron chi connectivity index (χ2n) is 10.6. The number of amides is 1. The fourth-order valence-electron chi connectivity index (χ4n) is 3.68. The minimum atomic E-state index is -4.28. The number of hydrogen-bond acceptors (Lipinski definition) is 8. The van der Waals surface area contributed by atoms with E-state index in [2.05, 4.69) is 14.8 Å². The van der Waals surface area contributed by atoms with Gasteiger partial charge in [-0.1, -0.05) is 12.1 Å². The summed E-state index contributed by atoms with van der Waals surface area (Å²) in [6, 6.07) is 12.3. The molecule has 0 bridgehead atoms. The number of anilines is 3. The van der Waals surface area contributed by atoms with Crippen LogP contribution >= 0.6 is 22.6 Å². The zero-order chi connectivity index (χ0) is 31.6. The zero-order valence-corrected chi connectivity index (χ0v) is 27.0. The molecule has 0 radical (unpaired) electrons. The third-order valence-electron chi connectivity index (χ3n) is 5.68. The molecule has 1 aliphatic rings. The molecule has 1 saturated carbocycles. The van der Waals surface area contributed by atoms with Crippen LogP contribution in [0.25, 0.3) is 0 Å². The Labute approximate surface area is 262 Å². The molecule has 43 heavy (non-hydrogen) atoms. The summed E-state index contributed by atoms with van der Waals surface area (Å²) in [5.74, 6) is -1.54. The van der Waals surface area contributed by atoms with Crippen molar-refractivity contribution in [2.24, 2.45) is 0 Å². The molecule has 232 valence electrons. The molecule has 11 nitrogen and oxygen atoms in total. The van der Waals surface area contributed by atoms with Crippen LogP contribution < -0.4 is 24.2 Å². The normalized spacial score (nSPS) is 13.7. The monoisotopic (exact) mass is 750 g/mol. The predicted octanol–water partition coefficient (Wildman–Crippen LogP) is 5.87. The summed E-state index contributed by atoms with van der Waals surface area (Å²) in [5.41, 5.74) is -0.756. The van der Waals surface area contributed by atoms with Gasteiger partial charge < -0.3 is 14.8 Å². The molecular weight excluding hydrogens is 721 g/mol. The number of hydrogen-bond donors (Lipinski definition) is 4. The lowest BCUT2D eigenvalue weighted by molar-refractivity contribution is 0.0569. The summed E-state index contributed by atoms with van der Waals surface area (Å²) < 4.78 is 97.7. The highest BCUT2D eigenvalue weighted by atomic mass is 127. The minimum Gasteiger partial charge on any atom is -0.455 e. The number of carbonyl (C=O) groups excluding carboxylic acids is 1. The Kier molecular flexibility index (Phi) is 9.72. The van der Waals surface area contributed by atoms with Crippen molar-refractivity contribution in [1.29, 1.82) is 0 Å². The van der Waals surface area contributed by atoms with Crippen LogP contribution in [0, 0.1) is 15.2 Å². The highest BCUT2D eigenvalue weighted by Gasteiger charge is 2.37. The lowest BCUT2D eigenvalue weighted by atomic mass is 10.2. The Morgan fingerprint density at radius 2 is 1.72 bits per heavy atom. The van der Waals surface area contributed by atoms with Crippen molar-refractivity contribution in [1.82, 2.24) is 9.44 Å². The SMILES string of the molecule is CC(C)(C)OC(=O)NS(=O)(=O)NCc1cccc(Oc2cc(F)cc(Nc3ccc(I)cc3F)c2NS(=O)(=O)C2CC2)c1. The summed E-state index contributed by atoms with van der Waals surface area (Å²) in [4.78, 5) is 11.8. The quantitative estimate of drug-likeness (QED) is 0.178. The van der Waals surface area contributed by atoms with E-state index in [1.165, 1.54) is 30.3 Å². The molecule has 16 heteroatoms. The van der Waals surface area contributed by atoms with E-state index in [0.717, 1.165) is 12.1 Å². The minimum absolute atomic E-state index is 0.0156. The molecule has 1 aliphatic carbocycles. The maximum Gasteiger partial charge on any atom is 0.422 e. The molecule has 0 spiro atoms. The van der Waals surface area contributed by atoms with Gasteiger partial charge in [0.05, 0.1) is 16.6 Å². The first-order chi connectivity index (χ1) is 20.0. The van der Waals surface area contributed by atoms with E-state index in [0.29, 0.717) is 22.0 Å². The Hall–Kier alpha value is -3.22. The van der Waals surface area contributed by atoms with Crippen LogP contribution in [-0.2, 0) is 31.5 Å². The van der Waals surface area contributed by atoms with Gasteiger partial charge in [0.15, 0.2) is 5.75 Å². The van der Waals surface area contributed by atoms with Gasteiger partial charge in [-0.05, 0) is 98.2 Å². The number of sulfonamides is 1. The Balaban J connectivity index is 1.59. The molecule has 4 N–H and O–H groups in total. The van der Waals surface area contributed by atoms with Crippen LogP contribution in [0.1, 0.15) is 39.2 Å². The molecular formula is C27H29F2IN4O7S2. The third-order valence-corrected chi connectivity index (χ3v) is 9.15. The Bertz CT molecular complexity index is 1750. The smallest absolute Gasteiger partial charge is 0.422 e. The standard InChI is InChI=1S/C27H29F2IN4O7S2/c1-27(2,3)41-26(35)34-43(38,39)31-15-16-5-4-6-19(11-16)40-24-13-17(28)12-23(25(24)33-42(36,37)20-8-9-20)32-22-10-7-18(30)14-21(22)29/h4-7,10-14,20,31-33H,8-9,15H2,1-3H3,(H,34,35). The van der Waals surface area contributed by atoms with Gasteiger partial charge in [-0.15, -0.1) is 0 Å². The maximum atomic E-state index is 14.8. The molecule has 4 rings (SSSR count). The second-order valence-corrected chi connectivity index (χ2v) is 15.3. The largest absolute Gasteiger partial charge is 0.455 e. The molecule has 0 heterocycles. The second kappa shape index (κ2) is 12.8. The van der Waals surface area contributed by atoms with E-state index < -0.39 is 48.8 Å². The molecule has 0 aliphatic heterocycles. The summed E-state index contributed by atoms with van der Waals surface area (Å²) >= 11 is 1.94. The molecule has 0 unspecified atom stereocenters. The van der Waals surface area contributed by atoms with Crippen molar-refractivity contribution in [2.75, 3.05) is 10.0 Å². The van der Waals surface area contributed by atoms with E-state index in [1.54, 1.807) is 37.6 Å². The third kappa shape index (κ3) is 9.64. The fourth-order valence-corrected chi connectivity index (χ4v) is 6.24. The van der Waals surface area contributed by atoms with Gasteiger partial charge in [0, 0.05) is 16.2 Å². The molecule has 3 aromatic carbocycles. The molecule has 3 aromatic rings. The number of rotatable bonds is 11. The van der Waals surface area contributed by atoms with Gasteiger partial charge in [0.2, 0.25) is 10.0 Å². The Morgan fingerprint density at radius 3 is 2.37 bits per heavy atom. The topological polar surface area (TPSA) is 152 Å². The fraction of sp³-hybridized carbons (Fsp3) is 0.296. The highest BCUT2D eigenvalue weighted by Crippen LogP contribution is 2.41. The average Bonchev–Trinajstić information content (AvgIpc) is 3.72.